The molecule has 0 aliphatic heterocycles. The topological polar surface area (TPSA) is 65.5 Å². The number of furan rings is 1. The number of aryl methyl sites for hydroxylation is 1. The van der Waals surface area contributed by atoms with Crippen LogP contribution in [0.1, 0.15) is 21.0 Å². The minimum atomic E-state index is -0.412. The Hall–Kier alpha value is -1.75. The Morgan fingerprint density at radius 3 is 2.65 bits per heavy atom. The number of methoxy groups -OCH3 is 1. The third-order valence-corrected chi connectivity index (χ3v) is 3.83. The molecule has 5 heteroatoms. The molecule has 0 spiro atoms. The number of hydrogen-bond donors (Lipinski definition) is 1. The van der Waals surface area contributed by atoms with E-state index >= 15 is 0 Å². The van der Waals surface area contributed by atoms with E-state index in [-0.39, 0.29) is 0 Å². The molecule has 0 saturated carbocycles. The van der Waals surface area contributed by atoms with E-state index in [0.717, 1.165) is 22.0 Å². The second kappa shape index (κ2) is 4.25. The van der Waals surface area contributed by atoms with Crippen molar-refractivity contribution in [2.75, 3.05) is 12.8 Å². The molecule has 0 bridgehead atoms. The molecule has 0 atom stereocenters. The Morgan fingerprint density at radius 1 is 1.41 bits per heavy atom. The van der Waals surface area contributed by atoms with Crippen LogP contribution in [-0.2, 0) is 4.74 Å². The van der Waals surface area contributed by atoms with E-state index in [4.69, 9.17) is 10.2 Å². The lowest BCUT2D eigenvalue weighted by molar-refractivity contribution is 0.0607. The first-order chi connectivity index (χ1) is 8.04. The fourth-order valence-electron chi connectivity index (χ4n) is 1.56. The lowest BCUT2D eigenvalue weighted by Gasteiger charge is -1.96. The third kappa shape index (κ3) is 1.93. The number of anilines is 1. The Morgan fingerprint density at radius 2 is 2.12 bits per heavy atom. The zero-order valence-electron chi connectivity index (χ0n) is 9.87. The molecule has 17 heavy (non-hydrogen) atoms. The second-order valence-electron chi connectivity index (χ2n) is 3.70. The van der Waals surface area contributed by atoms with E-state index in [1.54, 1.807) is 0 Å². The van der Waals surface area contributed by atoms with Crippen LogP contribution in [0, 0.1) is 13.8 Å². The van der Waals surface area contributed by atoms with Crippen molar-refractivity contribution in [2.24, 2.45) is 0 Å². The van der Waals surface area contributed by atoms with Gasteiger partial charge in [-0.1, -0.05) is 0 Å². The number of rotatable bonds is 2. The van der Waals surface area contributed by atoms with Gasteiger partial charge < -0.3 is 14.9 Å². The first-order valence-corrected chi connectivity index (χ1v) is 5.90. The normalized spacial score (nSPS) is 10.5. The average molecular weight is 251 g/mol. The highest BCUT2D eigenvalue weighted by Gasteiger charge is 2.21. The first-order valence-electron chi connectivity index (χ1n) is 5.08. The van der Waals surface area contributed by atoms with Crippen LogP contribution < -0.4 is 5.73 Å². The number of ether oxygens (including phenoxy) is 1. The molecule has 90 valence electrons. The largest absolute Gasteiger partial charge is 0.465 e. The molecule has 0 amide bonds. The number of nitrogen functional groups attached to an aromatic ring is 1. The van der Waals surface area contributed by atoms with E-state index < -0.39 is 5.97 Å². The zero-order valence-corrected chi connectivity index (χ0v) is 10.7. The van der Waals surface area contributed by atoms with Crippen molar-refractivity contribution in [1.29, 1.82) is 0 Å². The predicted octanol–water partition coefficient (Wildman–Crippen LogP) is 2.99. The van der Waals surface area contributed by atoms with Crippen molar-refractivity contribution in [3.63, 3.8) is 0 Å². The summed E-state index contributed by atoms with van der Waals surface area (Å²) in [5, 5.41) is 0. The summed E-state index contributed by atoms with van der Waals surface area (Å²) < 4.78 is 10.2. The van der Waals surface area contributed by atoms with Crippen molar-refractivity contribution >= 4 is 23.0 Å². The van der Waals surface area contributed by atoms with Crippen LogP contribution in [0.4, 0.5) is 5.69 Å². The molecule has 2 N–H and O–H groups in total. The van der Waals surface area contributed by atoms with E-state index in [2.05, 4.69) is 4.74 Å². The lowest BCUT2D eigenvalue weighted by Crippen LogP contribution is -2.01. The van der Waals surface area contributed by atoms with Gasteiger partial charge in [0.15, 0.2) is 0 Å². The quantitative estimate of drug-likeness (QED) is 0.833. The summed E-state index contributed by atoms with van der Waals surface area (Å²) in [5.74, 6) is 1.14. The van der Waals surface area contributed by atoms with Crippen molar-refractivity contribution in [2.45, 2.75) is 13.8 Å². The molecule has 4 nitrogen and oxygen atoms in total. The Kier molecular flexibility index (Phi) is 2.93. The maximum Gasteiger partial charge on any atom is 0.350 e. The fraction of sp³-hybridized carbons (Fsp3) is 0.250. The Labute approximate surface area is 103 Å². The summed E-state index contributed by atoms with van der Waals surface area (Å²) in [6.45, 7) is 3.74. The predicted molar refractivity (Wildman–Crippen MR) is 67.2 cm³/mol. The Bertz CT molecular complexity index is 568. The second-order valence-corrected chi connectivity index (χ2v) is 4.72. The fourth-order valence-corrected chi connectivity index (χ4v) is 2.67. The van der Waals surface area contributed by atoms with Crippen molar-refractivity contribution in [1.82, 2.24) is 0 Å². The van der Waals surface area contributed by atoms with Crippen LogP contribution >= 0.6 is 11.3 Å². The number of hydrogen-bond acceptors (Lipinski definition) is 5. The van der Waals surface area contributed by atoms with Gasteiger partial charge in [-0.25, -0.2) is 4.79 Å². The number of carbonyl (C=O) groups is 1. The molecule has 0 aliphatic carbocycles. The van der Waals surface area contributed by atoms with Gasteiger partial charge in [-0.3, -0.25) is 0 Å². The summed E-state index contributed by atoms with van der Waals surface area (Å²) >= 11 is 1.29. The molecule has 2 rings (SSSR count). The van der Waals surface area contributed by atoms with Crippen LogP contribution in [0.3, 0.4) is 0 Å². The van der Waals surface area contributed by atoms with E-state index in [1.807, 2.05) is 26.0 Å². The van der Waals surface area contributed by atoms with Gasteiger partial charge in [0.05, 0.1) is 17.7 Å². The number of carbonyl (C=O) groups excluding carboxylic acids is 1. The summed E-state index contributed by atoms with van der Waals surface area (Å²) in [7, 11) is 1.34. The molecule has 0 aromatic carbocycles. The van der Waals surface area contributed by atoms with E-state index in [9.17, 15) is 4.79 Å². The van der Waals surface area contributed by atoms with Gasteiger partial charge in [0.2, 0.25) is 0 Å². The van der Waals surface area contributed by atoms with Crippen LogP contribution in [0.5, 0.6) is 0 Å². The van der Waals surface area contributed by atoms with Crippen molar-refractivity contribution in [3.05, 3.63) is 28.3 Å². The zero-order chi connectivity index (χ0) is 12.6. The third-order valence-electron chi connectivity index (χ3n) is 2.53. The summed E-state index contributed by atoms with van der Waals surface area (Å²) in [4.78, 5) is 12.8. The van der Waals surface area contributed by atoms with Gasteiger partial charge in [-0.2, -0.15) is 0 Å². The van der Waals surface area contributed by atoms with Gasteiger partial charge in [0.25, 0.3) is 0 Å². The lowest BCUT2D eigenvalue weighted by atomic mass is 10.2. The highest BCUT2D eigenvalue weighted by Crippen LogP contribution is 2.38. The van der Waals surface area contributed by atoms with E-state index in [0.29, 0.717) is 10.6 Å². The van der Waals surface area contributed by atoms with Crippen molar-refractivity contribution in [3.8, 4) is 10.6 Å². The molecule has 0 unspecified atom stereocenters. The maximum atomic E-state index is 11.5. The molecule has 2 aromatic rings. The summed E-state index contributed by atoms with van der Waals surface area (Å²) in [6.07, 6.45) is 0. The maximum absolute atomic E-state index is 11.5. The molecular formula is C12H13NO3S. The molecule has 0 aliphatic rings. The van der Waals surface area contributed by atoms with Crippen LogP contribution in [0.25, 0.3) is 10.6 Å². The molecule has 0 radical (unpaired) electrons. The van der Waals surface area contributed by atoms with Crippen molar-refractivity contribution < 1.29 is 13.9 Å². The van der Waals surface area contributed by atoms with E-state index in [1.165, 1.54) is 18.4 Å². The van der Waals surface area contributed by atoms with Gasteiger partial charge in [0.1, 0.15) is 16.4 Å². The van der Waals surface area contributed by atoms with Gasteiger partial charge in [0, 0.05) is 0 Å². The Balaban J connectivity index is 2.53. The highest BCUT2D eigenvalue weighted by atomic mass is 32.1. The summed E-state index contributed by atoms with van der Waals surface area (Å²) in [6, 6.07) is 3.75. The molecule has 2 aromatic heterocycles. The molecule has 0 saturated heterocycles. The standard InChI is InChI=1S/C12H13NO3S/c1-6-4-5-8(16-6)10-7(2)9(13)11(17-10)12(14)15-3/h4-5H,13H2,1-3H3. The molecule has 0 fully saturated rings. The summed E-state index contributed by atoms with van der Waals surface area (Å²) in [5.41, 5.74) is 7.21. The number of thiophene rings is 1. The highest BCUT2D eigenvalue weighted by molar-refractivity contribution is 7.18. The smallest absolute Gasteiger partial charge is 0.350 e. The number of esters is 1. The first kappa shape index (κ1) is 11.7. The number of nitrogens with two attached hydrogens (primary N) is 1. The molecular weight excluding hydrogens is 238 g/mol. The average Bonchev–Trinajstić information content (AvgIpc) is 2.85. The van der Waals surface area contributed by atoms with Gasteiger partial charge in [-0.15, -0.1) is 11.3 Å². The SMILES string of the molecule is COC(=O)c1sc(-c2ccc(C)o2)c(C)c1N. The molecule has 2 heterocycles. The van der Waals surface area contributed by atoms with Crippen LogP contribution in [0.15, 0.2) is 16.5 Å². The minimum absolute atomic E-state index is 0.412. The van der Waals surface area contributed by atoms with Crippen LogP contribution in [-0.4, -0.2) is 13.1 Å². The minimum Gasteiger partial charge on any atom is -0.465 e. The van der Waals surface area contributed by atoms with Crippen LogP contribution in [0.2, 0.25) is 0 Å². The monoisotopic (exact) mass is 251 g/mol. The van der Waals surface area contributed by atoms with Gasteiger partial charge >= 0.3 is 5.97 Å². The van der Waals surface area contributed by atoms with Gasteiger partial charge in [-0.05, 0) is 31.5 Å².